The summed E-state index contributed by atoms with van der Waals surface area (Å²) in [6.45, 7) is 7.04. The Hall–Kier alpha value is 0.799. The summed E-state index contributed by atoms with van der Waals surface area (Å²) in [6.07, 6.45) is 2.89. The number of hydrogen-bond donors (Lipinski definition) is 0. The molecule has 0 aromatic carbocycles. The first kappa shape index (κ1) is 9.80. The quantitative estimate of drug-likeness (QED) is 0.640. The van der Waals surface area contributed by atoms with Gasteiger partial charge in [-0.05, 0) is 0 Å². The molecule has 1 radical (unpaired) electrons. The van der Waals surface area contributed by atoms with E-state index >= 15 is 0 Å². The molecule has 9 heavy (non-hydrogen) atoms. The third-order valence-electron chi connectivity index (χ3n) is 1.71. The molecule has 0 amide bonds. The second-order valence-corrected chi connectivity index (χ2v) is 11.8. The van der Waals surface area contributed by atoms with Crippen LogP contribution in [-0.4, -0.2) is 19.8 Å². The van der Waals surface area contributed by atoms with Gasteiger partial charge in [-0.1, -0.05) is 0 Å². The van der Waals surface area contributed by atoms with Gasteiger partial charge >= 0.3 is 66.7 Å². The van der Waals surface area contributed by atoms with Crippen molar-refractivity contribution in [2.75, 3.05) is 0 Å². The smallest absolute Gasteiger partial charge is 1.00 e. The molecular formula is C8H20Sn-. The van der Waals surface area contributed by atoms with Gasteiger partial charge in [-0.2, -0.15) is 0 Å². The van der Waals surface area contributed by atoms with E-state index in [4.69, 9.17) is 0 Å². The molecule has 1 heteroatoms. The maximum absolute atomic E-state index is 2.39. The largest absolute Gasteiger partial charge is 1.00 e. The van der Waals surface area contributed by atoms with Gasteiger partial charge in [0, 0.05) is 0 Å². The van der Waals surface area contributed by atoms with Crippen LogP contribution in [0, 0.1) is 0 Å². The van der Waals surface area contributed by atoms with E-state index in [2.05, 4.69) is 20.8 Å². The minimum atomic E-state index is -0.723. The minimum Gasteiger partial charge on any atom is -1.00 e. The van der Waals surface area contributed by atoms with Crippen molar-refractivity contribution in [1.29, 1.82) is 0 Å². The standard InChI is InChI=1S/2C3H7.C2H5.Sn.H/c2*1-3-2;1-2;;/h2*1,3H2,2H3;1H2,2H3;;/q;;;;-1. The molecule has 0 heterocycles. The second-order valence-electron chi connectivity index (χ2n) is 2.60. The van der Waals surface area contributed by atoms with Crippen molar-refractivity contribution in [2.45, 2.75) is 46.9 Å². The molecule has 0 unspecified atom stereocenters. The fourth-order valence-electron chi connectivity index (χ4n) is 1.19. The van der Waals surface area contributed by atoms with Crippen LogP contribution in [0.4, 0.5) is 0 Å². The van der Waals surface area contributed by atoms with E-state index in [0.717, 1.165) is 0 Å². The molecule has 0 aromatic heterocycles. The third kappa shape index (κ3) is 5.25. The van der Waals surface area contributed by atoms with E-state index in [1.807, 2.05) is 0 Å². The van der Waals surface area contributed by atoms with E-state index in [1.165, 1.54) is 12.8 Å². The fraction of sp³-hybridized carbons (Fsp3) is 1.00. The van der Waals surface area contributed by atoms with Gasteiger partial charge in [-0.3, -0.25) is 0 Å². The summed E-state index contributed by atoms with van der Waals surface area (Å²) in [6, 6.07) is 0. The monoisotopic (exact) mass is 236 g/mol. The van der Waals surface area contributed by atoms with Gasteiger partial charge in [0.2, 0.25) is 0 Å². The van der Waals surface area contributed by atoms with E-state index in [9.17, 15) is 0 Å². The Balaban J connectivity index is 0. The molecule has 0 atom stereocenters. The van der Waals surface area contributed by atoms with Crippen LogP contribution in [0.15, 0.2) is 0 Å². The van der Waals surface area contributed by atoms with Crippen molar-refractivity contribution in [3.8, 4) is 0 Å². The maximum Gasteiger partial charge on any atom is -1.00 e. The Morgan fingerprint density at radius 2 is 1.44 bits per heavy atom. The SMILES string of the molecule is CC[CH2][Sn]([CH2]C)[CH2]CC.[H-]. The molecule has 0 rings (SSSR count). The van der Waals surface area contributed by atoms with Crippen molar-refractivity contribution in [1.82, 2.24) is 0 Å². The van der Waals surface area contributed by atoms with Gasteiger partial charge in [-0.25, -0.2) is 0 Å². The topological polar surface area (TPSA) is 0 Å². The molecule has 0 aliphatic heterocycles. The van der Waals surface area contributed by atoms with Crippen LogP contribution in [-0.2, 0) is 0 Å². The van der Waals surface area contributed by atoms with Crippen molar-refractivity contribution in [2.24, 2.45) is 0 Å². The second kappa shape index (κ2) is 6.91. The first-order chi connectivity index (χ1) is 4.35. The van der Waals surface area contributed by atoms with E-state index in [-0.39, 0.29) is 1.43 Å². The Morgan fingerprint density at radius 1 is 1.00 bits per heavy atom. The van der Waals surface area contributed by atoms with Crippen LogP contribution in [0.5, 0.6) is 0 Å². The Kier molecular flexibility index (Phi) is 7.53. The first-order valence-corrected chi connectivity index (χ1v) is 10.2. The summed E-state index contributed by atoms with van der Waals surface area (Å²) in [7, 11) is 0. The van der Waals surface area contributed by atoms with Gasteiger partial charge < -0.3 is 1.43 Å². The molecule has 0 aliphatic rings. The average molecular weight is 235 g/mol. The fourth-order valence-corrected chi connectivity index (χ4v) is 7.95. The van der Waals surface area contributed by atoms with E-state index < -0.39 is 19.8 Å². The zero-order chi connectivity index (χ0) is 7.11. The van der Waals surface area contributed by atoms with Crippen LogP contribution < -0.4 is 0 Å². The van der Waals surface area contributed by atoms with Crippen LogP contribution in [0.2, 0.25) is 13.3 Å². The zero-order valence-electron chi connectivity index (χ0n) is 8.04. The molecule has 0 N–H and O–H groups in total. The third-order valence-corrected chi connectivity index (χ3v) is 11.5. The molecule has 0 aromatic rings. The zero-order valence-corrected chi connectivity index (χ0v) is 9.89. The number of rotatable bonds is 5. The maximum atomic E-state index is 2.39. The average Bonchev–Trinajstić information content (AvgIpc) is 1.88. The Morgan fingerprint density at radius 3 is 1.67 bits per heavy atom. The van der Waals surface area contributed by atoms with E-state index in [0.29, 0.717) is 0 Å². The number of hydrogen-bond acceptors (Lipinski definition) is 0. The van der Waals surface area contributed by atoms with Gasteiger partial charge in [0.25, 0.3) is 0 Å². The predicted octanol–water partition coefficient (Wildman–Crippen LogP) is 3.43. The van der Waals surface area contributed by atoms with Gasteiger partial charge in [0.1, 0.15) is 0 Å². The minimum absolute atomic E-state index is 0. The van der Waals surface area contributed by atoms with Crippen LogP contribution in [0.25, 0.3) is 0 Å². The van der Waals surface area contributed by atoms with Crippen LogP contribution in [0.1, 0.15) is 35.0 Å². The molecule has 0 spiro atoms. The van der Waals surface area contributed by atoms with Crippen LogP contribution >= 0.6 is 0 Å². The van der Waals surface area contributed by atoms with Gasteiger partial charge in [0.05, 0.1) is 0 Å². The van der Waals surface area contributed by atoms with Crippen molar-refractivity contribution >= 4 is 19.8 Å². The summed E-state index contributed by atoms with van der Waals surface area (Å²) in [4.78, 5) is 0. The predicted molar refractivity (Wildman–Crippen MR) is 47.5 cm³/mol. The molecule has 0 nitrogen and oxygen atoms in total. The van der Waals surface area contributed by atoms with Crippen LogP contribution in [0.3, 0.4) is 0 Å². The van der Waals surface area contributed by atoms with Gasteiger partial charge in [0.15, 0.2) is 0 Å². The van der Waals surface area contributed by atoms with Crippen molar-refractivity contribution < 1.29 is 1.43 Å². The molecule has 0 bridgehead atoms. The van der Waals surface area contributed by atoms with E-state index in [1.54, 1.807) is 13.3 Å². The summed E-state index contributed by atoms with van der Waals surface area (Å²) in [5.74, 6) is 0. The molecule has 0 saturated carbocycles. The molecule has 57 valence electrons. The Labute approximate surface area is 68.3 Å². The Bertz CT molecular complexity index is 51.2. The summed E-state index contributed by atoms with van der Waals surface area (Å²) < 4.78 is 4.84. The molecule has 0 fully saturated rings. The first-order valence-electron chi connectivity index (χ1n) is 4.18. The normalized spacial score (nSPS) is 10.7. The van der Waals surface area contributed by atoms with Crippen molar-refractivity contribution in [3.63, 3.8) is 0 Å². The summed E-state index contributed by atoms with van der Waals surface area (Å²) in [5.41, 5.74) is 0. The molecule has 0 aliphatic carbocycles. The molecule has 0 saturated heterocycles. The van der Waals surface area contributed by atoms with Gasteiger partial charge in [-0.15, -0.1) is 0 Å². The molecular weight excluding hydrogens is 215 g/mol. The summed E-state index contributed by atoms with van der Waals surface area (Å²) >= 11 is -0.723. The van der Waals surface area contributed by atoms with Crippen molar-refractivity contribution in [3.05, 3.63) is 0 Å². The summed E-state index contributed by atoms with van der Waals surface area (Å²) in [5, 5.41) is 0.